The van der Waals surface area contributed by atoms with E-state index in [1.54, 1.807) is 12.1 Å². The number of phenols is 1. The van der Waals surface area contributed by atoms with Crippen molar-refractivity contribution in [1.29, 1.82) is 0 Å². The van der Waals surface area contributed by atoms with E-state index in [-0.39, 0.29) is 17.2 Å². The summed E-state index contributed by atoms with van der Waals surface area (Å²) < 4.78 is 3.85. The SMILES string of the molecule is CC[C@H](C)c1nc2ccc(Br)cc2c(=O)n1N=Cc1c(Br)cc(Br)c(O)c1Br. The number of hydrogen-bond donors (Lipinski definition) is 1. The van der Waals surface area contributed by atoms with Gasteiger partial charge in [0, 0.05) is 20.4 Å². The average molecular weight is 637 g/mol. The molecule has 0 amide bonds. The van der Waals surface area contributed by atoms with E-state index in [0.29, 0.717) is 35.7 Å². The molecule has 0 aliphatic heterocycles. The fourth-order valence-electron chi connectivity index (χ4n) is 2.61. The Morgan fingerprint density at radius 3 is 2.61 bits per heavy atom. The lowest BCUT2D eigenvalue weighted by molar-refractivity contribution is 0.468. The predicted molar refractivity (Wildman–Crippen MR) is 127 cm³/mol. The first-order valence-corrected chi connectivity index (χ1v) is 11.5. The number of benzene rings is 2. The van der Waals surface area contributed by atoms with Crippen molar-refractivity contribution in [3.8, 4) is 5.75 Å². The molecule has 5 nitrogen and oxygen atoms in total. The number of aromatic nitrogens is 2. The first kappa shape index (κ1) is 21.7. The minimum absolute atomic E-state index is 0.0445. The highest BCUT2D eigenvalue weighted by Crippen LogP contribution is 2.38. The summed E-state index contributed by atoms with van der Waals surface area (Å²) in [6, 6.07) is 7.15. The van der Waals surface area contributed by atoms with Crippen LogP contribution in [0.1, 0.15) is 37.6 Å². The van der Waals surface area contributed by atoms with Gasteiger partial charge in [0.1, 0.15) is 11.6 Å². The molecule has 0 spiro atoms. The second-order valence-corrected chi connectivity index (χ2v) is 9.64. The lowest BCUT2D eigenvalue weighted by Crippen LogP contribution is -2.23. The van der Waals surface area contributed by atoms with Crippen LogP contribution in [0.25, 0.3) is 10.9 Å². The fraction of sp³-hybridized carbons (Fsp3) is 0.211. The van der Waals surface area contributed by atoms with E-state index in [0.717, 1.165) is 10.9 Å². The van der Waals surface area contributed by atoms with Crippen molar-refractivity contribution >= 4 is 80.8 Å². The topological polar surface area (TPSA) is 67.5 Å². The van der Waals surface area contributed by atoms with Gasteiger partial charge in [-0.05, 0) is 62.5 Å². The number of rotatable bonds is 4. The van der Waals surface area contributed by atoms with Gasteiger partial charge in [0.2, 0.25) is 0 Å². The quantitative estimate of drug-likeness (QED) is 0.331. The Hall–Kier alpha value is -1.03. The Morgan fingerprint density at radius 2 is 1.93 bits per heavy atom. The number of phenolic OH excluding ortho intramolecular Hbond substituents is 1. The first-order chi connectivity index (χ1) is 13.2. The van der Waals surface area contributed by atoms with Crippen molar-refractivity contribution in [3.63, 3.8) is 0 Å². The number of fused-ring (bicyclic) bond motifs is 1. The minimum Gasteiger partial charge on any atom is -0.506 e. The second kappa shape index (κ2) is 8.77. The van der Waals surface area contributed by atoms with Gasteiger partial charge in [0.05, 0.1) is 26.1 Å². The van der Waals surface area contributed by atoms with Crippen molar-refractivity contribution in [2.24, 2.45) is 5.10 Å². The van der Waals surface area contributed by atoms with Gasteiger partial charge in [-0.1, -0.05) is 45.7 Å². The van der Waals surface area contributed by atoms with Gasteiger partial charge in [0.25, 0.3) is 5.56 Å². The highest BCUT2D eigenvalue weighted by Gasteiger charge is 2.17. The van der Waals surface area contributed by atoms with E-state index in [1.165, 1.54) is 10.9 Å². The Kier molecular flexibility index (Phi) is 6.79. The molecule has 1 N–H and O–H groups in total. The molecule has 146 valence electrons. The minimum atomic E-state index is -0.244. The van der Waals surface area contributed by atoms with Crippen LogP contribution in [-0.4, -0.2) is 21.0 Å². The monoisotopic (exact) mass is 633 g/mol. The number of nitrogens with zero attached hydrogens (tertiary/aromatic N) is 3. The lowest BCUT2D eigenvalue weighted by Gasteiger charge is -2.14. The number of hydrogen-bond acceptors (Lipinski definition) is 4. The van der Waals surface area contributed by atoms with Crippen molar-refractivity contribution in [3.05, 3.63) is 63.9 Å². The lowest BCUT2D eigenvalue weighted by atomic mass is 10.1. The summed E-state index contributed by atoms with van der Waals surface area (Å²) in [7, 11) is 0. The van der Waals surface area contributed by atoms with Crippen LogP contribution in [0.2, 0.25) is 0 Å². The maximum Gasteiger partial charge on any atom is 0.282 e. The molecule has 0 aliphatic carbocycles. The second-order valence-electron chi connectivity index (χ2n) is 6.22. The maximum absolute atomic E-state index is 13.1. The van der Waals surface area contributed by atoms with Gasteiger partial charge >= 0.3 is 0 Å². The molecular weight excluding hydrogens is 622 g/mol. The smallest absolute Gasteiger partial charge is 0.282 e. The molecule has 0 radical (unpaired) electrons. The number of halogens is 4. The normalized spacial score (nSPS) is 12.8. The van der Waals surface area contributed by atoms with Gasteiger partial charge in [0.15, 0.2) is 0 Å². The molecule has 1 heterocycles. The van der Waals surface area contributed by atoms with E-state index in [9.17, 15) is 9.90 Å². The zero-order valence-electron chi connectivity index (χ0n) is 14.9. The molecule has 1 aromatic heterocycles. The van der Waals surface area contributed by atoms with Crippen molar-refractivity contribution in [1.82, 2.24) is 9.66 Å². The van der Waals surface area contributed by atoms with Gasteiger partial charge in [-0.15, -0.1) is 0 Å². The number of aromatic hydroxyl groups is 1. The van der Waals surface area contributed by atoms with E-state index in [2.05, 4.69) is 73.8 Å². The third kappa shape index (κ3) is 4.13. The molecule has 3 aromatic rings. The first-order valence-electron chi connectivity index (χ1n) is 8.37. The molecular formula is C19H15Br4N3O2. The van der Waals surface area contributed by atoms with Crippen LogP contribution in [-0.2, 0) is 0 Å². The van der Waals surface area contributed by atoms with Gasteiger partial charge < -0.3 is 5.11 Å². The van der Waals surface area contributed by atoms with Crippen molar-refractivity contribution in [2.45, 2.75) is 26.2 Å². The third-order valence-electron chi connectivity index (χ3n) is 4.37. The average Bonchev–Trinajstić information content (AvgIpc) is 2.67. The molecule has 2 aromatic carbocycles. The molecule has 0 saturated heterocycles. The van der Waals surface area contributed by atoms with Gasteiger partial charge in [-0.25, -0.2) is 4.98 Å². The summed E-state index contributed by atoms with van der Waals surface area (Å²) in [6.07, 6.45) is 2.34. The molecule has 0 bridgehead atoms. The summed E-state index contributed by atoms with van der Waals surface area (Å²) >= 11 is 13.5. The van der Waals surface area contributed by atoms with Gasteiger partial charge in [-0.2, -0.15) is 9.78 Å². The maximum atomic E-state index is 13.1. The highest BCUT2D eigenvalue weighted by molar-refractivity contribution is 9.11. The van der Waals surface area contributed by atoms with Crippen LogP contribution < -0.4 is 5.56 Å². The standard InChI is InChI=1S/C19H15Br4N3O2/c1-3-9(2)18-25-15-5-4-10(20)6-11(15)19(28)26(18)24-8-12-13(21)7-14(22)17(27)16(12)23/h4-9,27H,3H2,1-2H3/t9-/m0/s1. The summed E-state index contributed by atoms with van der Waals surface area (Å²) in [5.41, 5.74) is 1.00. The van der Waals surface area contributed by atoms with Gasteiger partial charge in [-0.3, -0.25) is 4.79 Å². The van der Waals surface area contributed by atoms with Crippen LogP contribution in [0.15, 0.2) is 52.1 Å². The fourth-order valence-corrected chi connectivity index (χ4v) is 5.29. The Balaban J connectivity index is 2.25. The molecule has 9 heteroatoms. The highest BCUT2D eigenvalue weighted by atomic mass is 79.9. The molecule has 1 atom stereocenters. The predicted octanol–water partition coefficient (Wildman–Crippen LogP) is 6.55. The molecule has 0 saturated carbocycles. The van der Waals surface area contributed by atoms with Crippen LogP contribution in [0.3, 0.4) is 0 Å². The zero-order chi connectivity index (χ0) is 20.6. The van der Waals surface area contributed by atoms with E-state index >= 15 is 0 Å². The van der Waals surface area contributed by atoms with Crippen LogP contribution >= 0.6 is 63.7 Å². The summed E-state index contributed by atoms with van der Waals surface area (Å²) in [5.74, 6) is 0.690. The molecule has 3 rings (SSSR count). The summed E-state index contributed by atoms with van der Waals surface area (Å²) in [4.78, 5) is 17.8. The Bertz CT molecular complexity index is 1160. The van der Waals surface area contributed by atoms with Crippen LogP contribution in [0, 0.1) is 0 Å². The molecule has 28 heavy (non-hydrogen) atoms. The largest absolute Gasteiger partial charge is 0.506 e. The van der Waals surface area contributed by atoms with Crippen molar-refractivity contribution in [2.75, 3.05) is 0 Å². The Morgan fingerprint density at radius 1 is 1.21 bits per heavy atom. The van der Waals surface area contributed by atoms with Crippen LogP contribution in [0.5, 0.6) is 5.75 Å². The van der Waals surface area contributed by atoms with E-state index < -0.39 is 0 Å². The molecule has 0 aliphatic rings. The molecule has 0 fully saturated rings. The molecule has 0 unspecified atom stereocenters. The van der Waals surface area contributed by atoms with Crippen molar-refractivity contribution < 1.29 is 5.11 Å². The summed E-state index contributed by atoms with van der Waals surface area (Å²) in [6.45, 7) is 4.05. The third-order valence-corrected chi connectivity index (χ3v) is 6.93. The summed E-state index contributed by atoms with van der Waals surface area (Å²) in [5, 5.41) is 15.1. The zero-order valence-corrected chi connectivity index (χ0v) is 21.2. The Labute approximate surface area is 195 Å². The van der Waals surface area contributed by atoms with Crippen LogP contribution in [0.4, 0.5) is 0 Å². The van der Waals surface area contributed by atoms with E-state index in [1.807, 2.05) is 26.0 Å². The van der Waals surface area contributed by atoms with E-state index in [4.69, 9.17) is 0 Å².